The zero-order valence-electron chi connectivity index (χ0n) is 17.1. The molecule has 0 saturated heterocycles. The summed E-state index contributed by atoms with van der Waals surface area (Å²) in [4.78, 5) is 25.5. The molecule has 154 valence electrons. The first-order chi connectivity index (χ1) is 14.0. The van der Waals surface area contributed by atoms with Crippen LogP contribution in [0.5, 0.6) is 0 Å². The Bertz CT molecular complexity index is 837. The number of hydrogen-bond donors (Lipinski definition) is 1. The molecule has 1 amide bonds. The van der Waals surface area contributed by atoms with E-state index >= 15 is 0 Å². The van der Waals surface area contributed by atoms with Crippen molar-refractivity contribution in [1.29, 1.82) is 0 Å². The van der Waals surface area contributed by atoms with Crippen molar-refractivity contribution in [2.75, 3.05) is 5.75 Å². The second-order valence-corrected chi connectivity index (χ2v) is 8.69. The van der Waals surface area contributed by atoms with E-state index in [1.54, 1.807) is 6.92 Å². The van der Waals surface area contributed by atoms with Crippen molar-refractivity contribution in [2.45, 2.75) is 63.0 Å². The van der Waals surface area contributed by atoms with Gasteiger partial charge in [-0.1, -0.05) is 36.4 Å². The van der Waals surface area contributed by atoms with Crippen LogP contribution < -0.4 is 5.32 Å². The number of fused-ring (bicyclic) bond motifs is 1. The Morgan fingerprint density at radius 3 is 2.62 bits per heavy atom. The van der Waals surface area contributed by atoms with Crippen LogP contribution in [0.4, 0.5) is 0 Å². The fraction of sp³-hybridized carbons (Fsp3) is 0.417. The van der Waals surface area contributed by atoms with Crippen molar-refractivity contribution in [1.82, 2.24) is 5.32 Å². The van der Waals surface area contributed by atoms with Crippen molar-refractivity contribution in [2.24, 2.45) is 0 Å². The molecule has 1 N–H and O–H groups in total. The van der Waals surface area contributed by atoms with Gasteiger partial charge in [-0.05, 0) is 74.8 Å². The van der Waals surface area contributed by atoms with Gasteiger partial charge >= 0.3 is 5.97 Å². The number of ether oxygens (including phenoxy) is 1. The second-order valence-electron chi connectivity index (χ2n) is 7.64. The summed E-state index contributed by atoms with van der Waals surface area (Å²) in [5, 5.41) is 2.93. The van der Waals surface area contributed by atoms with Crippen LogP contribution in [-0.4, -0.2) is 29.8 Å². The minimum Gasteiger partial charge on any atom is -0.452 e. The van der Waals surface area contributed by atoms with Crippen LogP contribution in [0, 0.1) is 0 Å². The molecule has 1 aliphatic carbocycles. The monoisotopic (exact) mass is 411 g/mol. The van der Waals surface area contributed by atoms with Gasteiger partial charge in [-0.3, -0.25) is 9.59 Å². The van der Waals surface area contributed by atoms with Gasteiger partial charge in [-0.15, -0.1) is 11.8 Å². The summed E-state index contributed by atoms with van der Waals surface area (Å²) in [6.45, 7) is 3.59. The second kappa shape index (κ2) is 10.5. The number of benzene rings is 2. The molecule has 2 aromatic carbocycles. The highest BCUT2D eigenvalue weighted by molar-refractivity contribution is 8.00. The number of carbonyl (C=O) groups excluding carboxylic acids is 2. The molecule has 0 aromatic heterocycles. The molecule has 2 aromatic rings. The average Bonchev–Trinajstić information content (AvgIpc) is 3.19. The van der Waals surface area contributed by atoms with E-state index in [1.807, 2.05) is 25.1 Å². The third-order valence-electron chi connectivity index (χ3n) is 5.20. The van der Waals surface area contributed by atoms with E-state index < -0.39 is 6.10 Å². The molecule has 1 aliphatic rings. The number of aryl methyl sites for hydroxylation is 3. The first-order valence-corrected chi connectivity index (χ1v) is 11.3. The maximum atomic E-state index is 12.3. The zero-order valence-corrected chi connectivity index (χ0v) is 18.0. The molecule has 3 rings (SSSR count). The van der Waals surface area contributed by atoms with E-state index in [2.05, 4.69) is 35.6 Å². The molecule has 2 atom stereocenters. The summed E-state index contributed by atoms with van der Waals surface area (Å²) in [5.74, 6) is -0.406. The lowest BCUT2D eigenvalue weighted by Gasteiger charge is -2.18. The molecule has 0 heterocycles. The van der Waals surface area contributed by atoms with E-state index in [0.717, 1.165) is 30.6 Å². The number of thioether (sulfide) groups is 1. The lowest BCUT2D eigenvalue weighted by molar-refractivity contribution is -0.152. The molecule has 4 nitrogen and oxygen atoms in total. The van der Waals surface area contributed by atoms with Crippen LogP contribution in [0.15, 0.2) is 53.4 Å². The van der Waals surface area contributed by atoms with Crippen molar-refractivity contribution < 1.29 is 14.3 Å². The molecule has 0 unspecified atom stereocenters. The van der Waals surface area contributed by atoms with Gasteiger partial charge in [0.05, 0.1) is 5.75 Å². The first-order valence-electron chi connectivity index (χ1n) is 10.3. The number of esters is 1. The van der Waals surface area contributed by atoms with Gasteiger partial charge < -0.3 is 10.1 Å². The molecule has 0 bridgehead atoms. The molecule has 0 spiro atoms. The Kier molecular flexibility index (Phi) is 7.76. The number of rotatable bonds is 9. The molecule has 0 radical (unpaired) electrons. The SMILES string of the molecule is C[C@H](CCc1ccccc1)NC(=O)[C@H](C)OC(=O)CSc1ccc2c(c1)CCC2. The normalized spacial score (nSPS) is 14.7. The van der Waals surface area contributed by atoms with Gasteiger partial charge in [0.2, 0.25) is 0 Å². The topological polar surface area (TPSA) is 55.4 Å². The highest BCUT2D eigenvalue weighted by atomic mass is 32.2. The van der Waals surface area contributed by atoms with E-state index in [-0.39, 0.29) is 23.7 Å². The number of nitrogens with one attached hydrogen (secondary N) is 1. The highest BCUT2D eigenvalue weighted by Crippen LogP contribution is 2.27. The predicted molar refractivity (Wildman–Crippen MR) is 117 cm³/mol. The smallest absolute Gasteiger partial charge is 0.317 e. The molecular weight excluding hydrogens is 382 g/mol. The van der Waals surface area contributed by atoms with Crippen molar-refractivity contribution in [3.8, 4) is 0 Å². The number of carbonyl (C=O) groups is 2. The van der Waals surface area contributed by atoms with Gasteiger partial charge in [-0.2, -0.15) is 0 Å². The van der Waals surface area contributed by atoms with Gasteiger partial charge in [-0.25, -0.2) is 0 Å². The van der Waals surface area contributed by atoms with Gasteiger partial charge in [0.15, 0.2) is 6.10 Å². The predicted octanol–water partition coefficient (Wildman–Crippen LogP) is 4.34. The largest absolute Gasteiger partial charge is 0.452 e. The summed E-state index contributed by atoms with van der Waals surface area (Å²) in [6, 6.07) is 16.6. The lowest BCUT2D eigenvalue weighted by Crippen LogP contribution is -2.41. The minimum atomic E-state index is -0.790. The van der Waals surface area contributed by atoms with Crippen molar-refractivity contribution in [3.05, 3.63) is 65.2 Å². The molecule has 29 heavy (non-hydrogen) atoms. The number of amides is 1. The standard InChI is InChI=1S/C24H29NO3S/c1-17(11-12-19-7-4-3-5-8-19)25-24(27)18(2)28-23(26)16-29-22-14-13-20-9-6-10-21(20)15-22/h3-5,7-8,13-15,17-18H,6,9-12,16H2,1-2H3,(H,25,27)/t17-,18+/m1/s1. The zero-order chi connectivity index (χ0) is 20.6. The summed E-state index contributed by atoms with van der Waals surface area (Å²) in [6.07, 6.45) is 4.43. The Morgan fingerprint density at radius 2 is 1.83 bits per heavy atom. The van der Waals surface area contributed by atoms with E-state index in [9.17, 15) is 9.59 Å². The maximum absolute atomic E-state index is 12.3. The van der Waals surface area contributed by atoms with E-state index in [1.165, 1.54) is 34.9 Å². The summed E-state index contributed by atoms with van der Waals surface area (Å²) in [7, 11) is 0. The van der Waals surface area contributed by atoms with Crippen LogP contribution in [0.25, 0.3) is 0 Å². The molecule has 0 fully saturated rings. The maximum Gasteiger partial charge on any atom is 0.317 e. The first kappa shape index (κ1) is 21.4. The van der Waals surface area contributed by atoms with Crippen LogP contribution in [0.3, 0.4) is 0 Å². The van der Waals surface area contributed by atoms with Gasteiger partial charge in [0.25, 0.3) is 5.91 Å². The van der Waals surface area contributed by atoms with Gasteiger partial charge in [0, 0.05) is 10.9 Å². The lowest BCUT2D eigenvalue weighted by atomic mass is 10.1. The molecule has 5 heteroatoms. The van der Waals surface area contributed by atoms with Crippen molar-refractivity contribution >= 4 is 23.6 Å². The molecule has 0 aliphatic heterocycles. The van der Waals surface area contributed by atoms with E-state index in [0.29, 0.717) is 0 Å². The summed E-state index contributed by atoms with van der Waals surface area (Å²) >= 11 is 1.46. The van der Waals surface area contributed by atoms with Gasteiger partial charge in [0.1, 0.15) is 0 Å². The Morgan fingerprint density at radius 1 is 1.07 bits per heavy atom. The fourth-order valence-electron chi connectivity index (χ4n) is 3.53. The van der Waals surface area contributed by atoms with Crippen molar-refractivity contribution in [3.63, 3.8) is 0 Å². The Hall–Kier alpha value is -2.27. The third kappa shape index (κ3) is 6.64. The molecule has 0 saturated carbocycles. The van der Waals surface area contributed by atoms with Crippen LogP contribution >= 0.6 is 11.8 Å². The summed E-state index contributed by atoms with van der Waals surface area (Å²) < 4.78 is 5.32. The van der Waals surface area contributed by atoms with E-state index in [4.69, 9.17) is 4.74 Å². The molecular formula is C24H29NO3S. The fourth-order valence-corrected chi connectivity index (χ4v) is 4.27. The van der Waals surface area contributed by atoms with Crippen LogP contribution in [0.2, 0.25) is 0 Å². The average molecular weight is 412 g/mol. The number of hydrogen-bond acceptors (Lipinski definition) is 4. The highest BCUT2D eigenvalue weighted by Gasteiger charge is 2.20. The quantitative estimate of drug-likeness (QED) is 0.493. The summed E-state index contributed by atoms with van der Waals surface area (Å²) in [5.41, 5.74) is 4.06. The van der Waals surface area contributed by atoms with Crippen LogP contribution in [-0.2, 0) is 33.6 Å². The Labute approximate surface area is 177 Å². The Balaban J connectivity index is 1.37. The third-order valence-corrected chi connectivity index (χ3v) is 6.17. The van der Waals surface area contributed by atoms with Crippen LogP contribution in [0.1, 0.15) is 43.4 Å². The minimum absolute atomic E-state index is 0.0182.